The maximum absolute atomic E-state index is 10.9. The van der Waals surface area contributed by atoms with Crippen LogP contribution in [0, 0.1) is 23.7 Å². The molecule has 0 spiro atoms. The van der Waals surface area contributed by atoms with Crippen LogP contribution in [0.2, 0.25) is 0 Å². The minimum Gasteiger partial charge on any atom is -0.303 e. The van der Waals surface area contributed by atoms with Crippen LogP contribution in [-0.2, 0) is 4.79 Å². The van der Waals surface area contributed by atoms with Crippen molar-refractivity contribution in [1.29, 1.82) is 0 Å². The fraction of sp³-hybridized carbons (Fsp3) is 0.950. The van der Waals surface area contributed by atoms with Gasteiger partial charge in [0.1, 0.15) is 6.29 Å². The zero-order chi connectivity index (χ0) is 14.9. The monoisotopic (exact) mass is 292 g/mol. The standard InChI is InChI=1S/C20H36O/c1-2-17-10-6-11-18(14-17)8-4-3-5-9-19-12-7-13-20(15-19)16-21/h16-20H,2-15H2,1H3. The molecule has 2 aliphatic rings. The summed E-state index contributed by atoms with van der Waals surface area (Å²) in [6.07, 6.45) is 20.7. The van der Waals surface area contributed by atoms with E-state index in [-0.39, 0.29) is 0 Å². The molecule has 21 heavy (non-hydrogen) atoms. The van der Waals surface area contributed by atoms with Gasteiger partial charge in [-0.15, -0.1) is 0 Å². The van der Waals surface area contributed by atoms with Gasteiger partial charge < -0.3 is 4.79 Å². The normalized spacial score (nSPS) is 33.8. The summed E-state index contributed by atoms with van der Waals surface area (Å²) >= 11 is 0. The van der Waals surface area contributed by atoms with Crippen LogP contribution >= 0.6 is 0 Å². The van der Waals surface area contributed by atoms with E-state index in [1.54, 1.807) is 0 Å². The van der Waals surface area contributed by atoms with Crippen LogP contribution in [0.5, 0.6) is 0 Å². The average Bonchev–Trinajstić information content (AvgIpc) is 2.55. The van der Waals surface area contributed by atoms with Gasteiger partial charge in [0.15, 0.2) is 0 Å². The molecule has 1 nitrogen and oxygen atoms in total. The predicted molar refractivity (Wildman–Crippen MR) is 90.3 cm³/mol. The number of hydrogen-bond donors (Lipinski definition) is 0. The molecule has 1 heteroatoms. The Bertz CT molecular complexity index is 286. The maximum atomic E-state index is 10.9. The highest BCUT2D eigenvalue weighted by Gasteiger charge is 2.22. The summed E-state index contributed by atoms with van der Waals surface area (Å²) in [6, 6.07) is 0. The second-order valence-corrected chi connectivity index (χ2v) is 7.87. The number of rotatable bonds is 8. The lowest BCUT2D eigenvalue weighted by molar-refractivity contribution is -0.112. The van der Waals surface area contributed by atoms with E-state index in [0.717, 1.165) is 24.2 Å². The lowest BCUT2D eigenvalue weighted by atomic mass is 9.77. The predicted octanol–water partition coefficient (Wildman–Crippen LogP) is 6.16. The van der Waals surface area contributed by atoms with Gasteiger partial charge in [-0.25, -0.2) is 0 Å². The van der Waals surface area contributed by atoms with E-state index in [4.69, 9.17) is 0 Å². The molecule has 0 saturated heterocycles. The van der Waals surface area contributed by atoms with Gasteiger partial charge in [0.25, 0.3) is 0 Å². The first-order valence-electron chi connectivity index (χ1n) is 9.77. The third kappa shape index (κ3) is 6.12. The highest BCUT2D eigenvalue weighted by Crippen LogP contribution is 2.34. The molecule has 4 atom stereocenters. The summed E-state index contributed by atoms with van der Waals surface area (Å²) < 4.78 is 0. The molecule has 0 N–H and O–H groups in total. The van der Waals surface area contributed by atoms with Gasteiger partial charge in [-0.1, -0.05) is 77.6 Å². The Labute approximate surface area is 132 Å². The Morgan fingerprint density at radius 1 is 0.810 bits per heavy atom. The smallest absolute Gasteiger partial charge is 0.123 e. The van der Waals surface area contributed by atoms with Crippen LogP contribution in [0.1, 0.15) is 96.8 Å². The first-order valence-corrected chi connectivity index (χ1v) is 9.77. The van der Waals surface area contributed by atoms with Crippen molar-refractivity contribution < 1.29 is 4.79 Å². The van der Waals surface area contributed by atoms with Gasteiger partial charge in [-0.3, -0.25) is 0 Å². The van der Waals surface area contributed by atoms with Gasteiger partial charge in [0.05, 0.1) is 0 Å². The Hall–Kier alpha value is -0.330. The van der Waals surface area contributed by atoms with Gasteiger partial charge in [-0.2, -0.15) is 0 Å². The van der Waals surface area contributed by atoms with Crippen LogP contribution in [-0.4, -0.2) is 6.29 Å². The minimum absolute atomic E-state index is 0.386. The summed E-state index contributed by atoms with van der Waals surface area (Å²) in [5.74, 6) is 3.31. The van der Waals surface area contributed by atoms with E-state index in [9.17, 15) is 4.79 Å². The molecule has 2 saturated carbocycles. The third-order valence-electron chi connectivity index (χ3n) is 6.21. The van der Waals surface area contributed by atoms with Crippen molar-refractivity contribution in [3.63, 3.8) is 0 Å². The number of hydrogen-bond acceptors (Lipinski definition) is 1. The molecule has 2 aliphatic carbocycles. The van der Waals surface area contributed by atoms with Gasteiger partial charge in [0.2, 0.25) is 0 Å². The molecular weight excluding hydrogens is 256 g/mol. The minimum atomic E-state index is 0.386. The summed E-state index contributed by atoms with van der Waals surface area (Å²) in [5, 5.41) is 0. The van der Waals surface area contributed by atoms with Crippen molar-refractivity contribution in [1.82, 2.24) is 0 Å². The van der Waals surface area contributed by atoms with E-state index in [1.165, 1.54) is 89.8 Å². The lowest BCUT2D eigenvalue weighted by Crippen LogP contribution is -2.16. The Morgan fingerprint density at radius 3 is 2.10 bits per heavy atom. The molecule has 2 rings (SSSR count). The van der Waals surface area contributed by atoms with E-state index in [0.29, 0.717) is 5.92 Å². The van der Waals surface area contributed by atoms with Crippen LogP contribution in [0.15, 0.2) is 0 Å². The van der Waals surface area contributed by atoms with Gasteiger partial charge in [-0.05, 0) is 37.0 Å². The topological polar surface area (TPSA) is 17.1 Å². The van der Waals surface area contributed by atoms with Gasteiger partial charge in [0, 0.05) is 5.92 Å². The molecule has 2 fully saturated rings. The maximum Gasteiger partial charge on any atom is 0.123 e. The first-order chi connectivity index (χ1) is 10.3. The van der Waals surface area contributed by atoms with Crippen molar-refractivity contribution in [2.75, 3.05) is 0 Å². The molecule has 0 aromatic carbocycles. The van der Waals surface area contributed by atoms with Crippen LogP contribution in [0.3, 0.4) is 0 Å². The zero-order valence-corrected chi connectivity index (χ0v) is 14.2. The SMILES string of the molecule is CCC1CCCC(CCCCCC2CCCC(C=O)C2)C1. The van der Waals surface area contributed by atoms with Crippen molar-refractivity contribution >= 4 is 6.29 Å². The van der Waals surface area contributed by atoms with Gasteiger partial charge >= 0.3 is 0 Å². The number of aldehydes is 1. The van der Waals surface area contributed by atoms with Crippen LogP contribution in [0.4, 0.5) is 0 Å². The molecule has 0 aromatic rings. The van der Waals surface area contributed by atoms with E-state index in [2.05, 4.69) is 6.92 Å². The van der Waals surface area contributed by atoms with Crippen molar-refractivity contribution in [3.05, 3.63) is 0 Å². The second-order valence-electron chi connectivity index (χ2n) is 7.87. The summed E-state index contributed by atoms with van der Waals surface area (Å²) in [6.45, 7) is 2.36. The first kappa shape index (κ1) is 17.0. The average molecular weight is 293 g/mol. The van der Waals surface area contributed by atoms with Crippen molar-refractivity contribution in [2.45, 2.75) is 96.8 Å². The fourth-order valence-electron chi connectivity index (χ4n) is 4.80. The fourth-order valence-corrected chi connectivity index (χ4v) is 4.80. The van der Waals surface area contributed by atoms with Crippen LogP contribution < -0.4 is 0 Å². The summed E-state index contributed by atoms with van der Waals surface area (Å²) in [4.78, 5) is 10.9. The van der Waals surface area contributed by atoms with E-state index < -0.39 is 0 Å². The molecule has 0 aromatic heterocycles. The molecule has 4 unspecified atom stereocenters. The molecule has 0 radical (unpaired) electrons. The highest BCUT2D eigenvalue weighted by molar-refractivity contribution is 5.53. The Kier molecular flexibility index (Phi) is 7.82. The van der Waals surface area contributed by atoms with E-state index in [1.807, 2.05) is 0 Å². The van der Waals surface area contributed by atoms with Crippen molar-refractivity contribution in [3.8, 4) is 0 Å². The molecule has 0 heterocycles. The zero-order valence-electron chi connectivity index (χ0n) is 14.2. The Morgan fingerprint density at radius 2 is 1.43 bits per heavy atom. The molecule has 0 bridgehead atoms. The molecule has 0 amide bonds. The number of unbranched alkanes of at least 4 members (excludes halogenated alkanes) is 2. The Balaban J connectivity index is 1.50. The third-order valence-corrected chi connectivity index (χ3v) is 6.21. The molecule has 0 aliphatic heterocycles. The lowest BCUT2D eigenvalue weighted by Gasteiger charge is -2.28. The second kappa shape index (κ2) is 9.64. The summed E-state index contributed by atoms with van der Waals surface area (Å²) in [5.41, 5.74) is 0. The summed E-state index contributed by atoms with van der Waals surface area (Å²) in [7, 11) is 0. The number of carbonyl (C=O) groups is 1. The number of carbonyl (C=O) groups excluding carboxylic acids is 1. The largest absolute Gasteiger partial charge is 0.303 e. The highest BCUT2D eigenvalue weighted by atomic mass is 16.1. The molecule has 122 valence electrons. The quantitative estimate of drug-likeness (QED) is 0.387. The van der Waals surface area contributed by atoms with Crippen molar-refractivity contribution in [2.24, 2.45) is 23.7 Å². The molecular formula is C20H36O. The van der Waals surface area contributed by atoms with E-state index >= 15 is 0 Å². The van der Waals surface area contributed by atoms with Crippen LogP contribution in [0.25, 0.3) is 0 Å².